The second-order valence-corrected chi connectivity index (χ2v) is 8.32. The number of carbonyl (C=O) groups excluding carboxylic acids is 2. The molecule has 0 aromatic carbocycles. The van der Waals surface area contributed by atoms with Gasteiger partial charge in [0, 0.05) is 31.2 Å². The van der Waals surface area contributed by atoms with Crippen LogP contribution in [-0.2, 0) is 16.1 Å². The van der Waals surface area contributed by atoms with Crippen LogP contribution in [0.15, 0.2) is 15.7 Å². The molecule has 9 nitrogen and oxygen atoms in total. The van der Waals surface area contributed by atoms with Crippen LogP contribution in [0.3, 0.4) is 0 Å². The number of H-pyrrole nitrogens is 1. The van der Waals surface area contributed by atoms with Crippen LogP contribution < -0.4 is 11.2 Å². The van der Waals surface area contributed by atoms with Gasteiger partial charge in [-0.1, -0.05) is 6.92 Å². The number of piperidine rings is 1. The van der Waals surface area contributed by atoms with Gasteiger partial charge in [0.2, 0.25) is 0 Å². The monoisotopic (exact) mass is 428 g/mol. The third-order valence-corrected chi connectivity index (χ3v) is 5.97. The number of aromatic nitrogens is 3. The van der Waals surface area contributed by atoms with E-state index in [0.29, 0.717) is 39.0 Å². The maximum absolute atomic E-state index is 13.5. The van der Waals surface area contributed by atoms with Crippen molar-refractivity contribution >= 4 is 22.9 Å². The third-order valence-electron chi connectivity index (χ3n) is 5.97. The number of nitrogens with zero attached hydrogens (tertiary/aromatic N) is 3. The van der Waals surface area contributed by atoms with Gasteiger partial charge in [-0.05, 0) is 45.1 Å². The van der Waals surface area contributed by atoms with E-state index in [2.05, 4.69) is 9.97 Å². The maximum Gasteiger partial charge on any atom is 0.329 e. The number of nitrogens with one attached hydrogen (secondary N) is 1. The van der Waals surface area contributed by atoms with Crippen LogP contribution in [0.1, 0.15) is 67.9 Å². The Morgan fingerprint density at radius 3 is 2.68 bits per heavy atom. The molecular formula is C22H28N4O5. The minimum absolute atomic E-state index is 0.140. The Kier molecular flexibility index (Phi) is 5.93. The van der Waals surface area contributed by atoms with Crippen LogP contribution in [0.5, 0.6) is 0 Å². The normalized spacial score (nSPS) is 18.9. The lowest BCUT2D eigenvalue weighted by Gasteiger charge is -2.32. The largest absolute Gasteiger partial charge is 0.466 e. The first-order valence-corrected chi connectivity index (χ1v) is 11.1. The fourth-order valence-corrected chi connectivity index (χ4v) is 4.27. The zero-order valence-electron chi connectivity index (χ0n) is 18.0. The van der Waals surface area contributed by atoms with Crippen molar-refractivity contribution in [2.24, 2.45) is 5.92 Å². The van der Waals surface area contributed by atoms with Gasteiger partial charge >= 0.3 is 11.7 Å². The lowest BCUT2D eigenvalue weighted by Crippen LogP contribution is -2.43. The number of pyridine rings is 1. The van der Waals surface area contributed by atoms with Crippen molar-refractivity contribution in [1.29, 1.82) is 0 Å². The van der Waals surface area contributed by atoms with Crippen LogP contribution in [0.25, 0.3) is 11.0 Å². The molecule has 2 fully saturated rings. The number of ether oxygens (including phenoxy) is 1. The summed E-state index contributed by atoms with van der Waals surface area (Å²) in [6.45, 7) is 5.15. The van der Waals surface area contributed by atoms with Crippen molar-refractivity contribution in [3.8, 4) is 0 Å². The van der Waals surface area contributed by atoms with Gasteiger partial charge in [-0.15, -0.1) is 0 Å². The molecule has 0 spiro atoms. The lowest BCUT2D eigenvalue weighted by molar-refractivity contribution is -0.149. The number of rotatable bonds is 6. The summed E-state index contributed by atoms with van der Waals surface area (Å²) in [5, 5.41) is 0.140. The fraction of sp³-hybridized carbons (Fsp3) is 0.591. The molecule has 9 heteroatoms. The molecule has 166 valence electrons. The molecule has 1 N–H and O–H groups in total. The van der Waals surface area contributed by atoms with Gasteiger partial charge in [0.1, 0.15) is 0 Å². The van der Waals surface area contributed by atoms with Gasteiger partial charge in [-0.3, -0.25) is 23.9 Å². The Bertz CT molecular complexity index is 1130. The summed E-state index contributed by atoms with van der Waals surface area (Å²) < 4.78 is 6.58. The predicted octanol–water partition coefficient (Wildman–Crippen LogP) is 1.79. The summed E-state index contributed by atoms with van der Waals surface area (Å²) in [5.41, 5.74) is 0.137. The molecule has 1 amide bonds. The Balaban J connectivity index is 1.80. The summed E-state index contributed by atoms with van der Waals surface area (Å²) in [5.74, 6) is -0.734. The highest BCUT2D eigenvalue weighted by Crippen LogP contribution is 2.40. The van der Waals surface area contributed by atoms with Crippen molar-refractivity contribution in [3.63, 3.8) is 0 Å². The number of amides is 1. The van der Waals surface area contributed by atoms with E-state index in [4.69, 9.17) is 4.74 Å². The topological polar surface area (TPSA) is 114 Å². The van der Waals surface area contributed by atoms with Crippen molar-refractivity contribution < 1.29 is 14.3 Å². The van der Waals surface area contributed by atoms with E-state index in [1.165, 1.54) is 4.57 Å². The molecule has 1 saturated carbocycles. The molecule has 2 aromatic rings. The van der Waals surface area contributed by atoms with Crippen molar-refractivity contribution in [3.05, 3.63) is 38.2 Å². The first kappa shape index (κ1) is 21.3. The van der Waals surface area contributed by atoms with Crippen LogP contribution in [0.2, 0.25) is 0 Å². The Morgan fingerprint density at radius 1 is 1.23 bits per heavy atom. The van der Waals surface area contributed by atoms with Crippen LogP contribution in [0, 0.1) is 5.92 Å². The molecule has 0 unspecified atom stereocenters. The molecule has 31 heavy (non-hydrogen) atoms. The van der Waals surface area contributed by atoms with Gasteiger partial charge in [0.05, 0.1) is 23.5 Å². The molecule has 2 aliphatic rings. The number of carbonyl (C=O) groups is 2. The molecule has 2 aromatic heterocycles. The van der Waals surface area contributed by atoms with Crippen LogP contribution in [-0.4, -0.2) is 51.0 Å². The number of aryl methyl sites for hydroxylation is 1. The first-order chi connectivity index (χ1) is 14.9. The number of aromatic amines is 1. The van der Waals surface area contributed by atoms with Crippen LogP contribution >= 0.6 is 0 Å². The number of hydrogen-bond donors (Lipinski definition) is 1. The smallest absolute Gasteiger partial charge is 0.329 e. The lowest BCUT2D eigenvalue weighted by atomic mass is 9.97. The zero-order valence-corrected chi connectivity index (χ0v) is 18.0. The highest BCUT2D eigenvalue weighted by molar-refractivity contribution is 6.05. The molecule has 0 bridgehead atoms. The number of fused-ring (bicyclic) bond motifs is 1. The second-order valence-electron chi connectivity index (χ2n) is 8.32. The van der Waals surface area contributed by atoms with E-state index in [9.17, 15) is 19.2 Å². The minimum atomic E-state index is -0.607. The Morgan fingerprint density at radius 2 is 2.00 bits per heavy atom. The second kappa shape index (κ2) is 8.64. The van der Waals surface area contributed by atoms with Gasteiger partial charge in [-0.25, -0.2) is 9.78 Å². The van der Waals surface area contributed by atoms with E-state index >= 15 is 0 Å². The highest BCUT2D eigenvalue weighted by atomic mass is 16.5. The van der Waals surface area contributed by atoms with E-state index in [-0.39, 0.29) is 46.9 Å². The quantitative estimate of drug-likeness (QED) is 0.702. The minimum Gasteiger partial charge on any atom is -0.466 e. The summed E-state index contributed by atoms with van der Waals surface area (Å²) in [4.78, 5) is 59.5. The van der Waals surface area contributed by atoms with Crippen molar-refractivity contribution in [1.82, 2.24) is 19.4 Å². The fourth-order valence-electron chi connectivity index (χ4n) is 4.27. The first-order valence-electron chi connectivity index (χ1n) is 11.1. The molecule has 1 aliphatic carbocycles. The van der Waals surface area contributed by atoms with E-state index in [1.54, 1.807) is 17.9 Å². The number of esters is 1. The summed E-state index contributed by atoms with van der Waals surface area (Å²) in [7, 11) is 0. The Labute approximate surface area is 179 Å². The Hall–Kier alpha value is -2.97. The summed E-state index contributed by atoms with van der Waals surface area (Å²) in [6.07, 6.45) is 3.99. The van der Waals surface area contributed by atoms with Crippen molar-refractivity contribution in [2.45, 2.75) is 58.4 Å². The highest BCUT2D eigenvalue weighted by Gasteiger charge is 2.33. The maximum atomic E-state index is 13.5. The zero-order chi connectivity index (χ0) is 22.1. The van der Waals surface area contributed by atoms with Crippen LogP contribution in [0.4, 0.5) is 0 Å². The average molecular weight is 428 g/mol. The van der Waals surface area contributed by atoms with Gasteiger partial charge in [0.15, 0.2) is 5.65 Å². The molecule has 1 aliphatic heterocycles. The molecule has 4 rings (SSSR count). The molecule has 3 heterocycles. The SMILES string of the molecule is CCCn1c(=O)[nH]c(=O)c2c(C(=O)N3CCC[C@@H](C(=O)OCC)C3)cc(C3CC3)nc21. The third kappa shape index (κ3) is 4.13. The number of hydrogen-bond acceptors (Lipinski definition) is 6. The molecule has 0 radical (unpaired) electrons. The van der Waals surface area contributed by atoms with Crippen molar-refractivity contribution in [2.75, 3.05) is 19.7 Å². The summed E-state index contributed by atoms with van der Waals surface area (Å²) >= 11 is 0. The van der Waals surface area contributed by atoms with Gasteiger partial charge in [-0.2, -0.15) is 0 Å². The van der Waals surface area contributed by atoms with E-state index < -0.39 is 11.2 Å². The molecule has 1 atom stereocenters. The predicted molar refractivity (Wildman–Crippen MR) is 114 cm³/mol. The molecule has 1 saturated heterocycles. The number of likely N-dealkylation sites (tertiary alicyclic amines) is 1. The van der Waals surface area contributed by atoms with E-state index in [1.807, 2.05) is 6.92 Å². The summed E-state index contributed by atoms with van der Waals surface area (Å²) in [6, 6.07) is 1.70. The van der Waals surface area contributed by atoms with Gasteiger partial charge in [0.25, 0.3) is 11.5 Å². The molecular weight excluding hydrogens is 400 g/mol. The standard InChI is InChI=1S/C22H28N4O5/c1-3-9-26-18-17(19(27)24-22(26)30)15(11-16(23-18)13-7-8-13)20(28)25-10-5-6-14(12-25)21(29)31-4-2/h11,13-14H,3-10,12H2,1-2H3,(H,24,27,30)/t14-/m1/s1. The average Bonchev–Trinajstić information content (AvgIpc) is 3.61. The van der Waals surface area contributed by atoms with E-state index in [0.717, 1.165) is 18.5 Å². The van der Waals surface area contributed by atoms with Gasteiger partial charge < -0.3 is 9.64 Å².